The smallest absolute Gasteiger partial charge is 0.346 e. The van der Waals surface area contributed by atoms with E-state index in [-0.39, 0.29) is 17.0 Å². The minimum Gasteiger partial charge on any atom is -0.477 e. The summed E-state index contributed by atoms with van der Waals surface area (Å²) in [5.41, 5.74) is 1.69. The molecule has 0 amide bonds. The summed E-state index contributed by atoms with van der Waals surface area (Å²) >= 11 is 1.16. The van der Waals surface area contributed by atoms with E-state index in [0.29, 0.717) is 11.1 Å². The molecule has 102 valence electrons. The van der Waals surface area contributed by atoms with Crippen molar-refractivity contribution in [3.8, 4) is 0 Å². The van der Waals surface area contributed by atoms with E-state index >= 15 is 0 Å². The molecule has 0 aliphatic heterocycles. The molecule has 20 heavy (non-hydrogen) atoms. The van der Waals surface area contributed by atoms with Crippen LogP contribution in [0.5, 0.6) is 0 Å². The van der Waals surface area contributed by atoms with Crippen molar-refractivity contribution in [2.45, 2.75) is 13.5 Å². The molecule has 0 saturated heterocycles. The van der Waals surface area contributed by atoms with Crippen molar-refractivity contribution in [1.29, 1.82) is 0 Å². The molecule has 0 spiro atoms. The maximum Gasteiger partial charge on any atom is 0.346 e. The Morgan fingerprint density at radius 2 is 2.25 bits per heavy atom. The van der Waals surface area contributed by atoms with E-state index < -0.39 is 5.97 Å². The highest BCUT2D eigenvalue weighted by Crippen LogP contribution is 2.17. The number of thiophene rings is 1. The second-order valence-corrected chi connectivity index (χ2v) is 5.34. The van der Waals surface area contributed by atoms with Gasteiger partial charge in [0.2, 0.25) is 0 Å². The van der Waals surface area contributed by atoms with Gasteiger partial charge >= 0.3 is 5.97 Å². The topological polar surface area (TPSA) is 76.6 Å². The van der Waals surface area contributed by atoms with Gasteiger partial charge in [-0.05, 0) is 30.0 Å². The number of fused-ring (bicyclic) bond motifs is 1. The molecule has 0 fully saturated rings. The third kappa shape index (κ3) is 2.01. The van der Waals surface area contributed by atoms with Crippen molar-refractivity contribution in [3.63, 3.8) is 0 Å². The maximum absolute atomic E-state index is 12.3. The van der Waals surface area contributed by atoms with Gasteiger partial charge in [-0.25, -0.2) is 9.31 Å². The highest BCUT2D eigenvalue weighted by molar-refractivity contribution is 7.12. The van der Waals surface area contributed by atoms with Gasteiger partial charge in [0.1, 0.15) is 10.4 Å². The van der Waals surface area contributed by atoms with Gasteiger partial charge in [-0.1, -0.05) is 0 Å². The Morgan fingerprint density at radius 3 is 3.00 bits per heavy atom. The molecular weight excluding hydrogens is 278 g/mol. The summed E-state index contributed by atoms with van der Waals surface area (Å²) in [4.78, 5) is 23.7. The van der Waals surface area contributed by atoms with Gasteiger partial charge in [-0.15, -0.1) is 11.3 Å². The van der Waals surface area contributed by atoms with E-state index in [1.807, 2.05) is 6.92 Å². The molecule has 0 aliphatic carbocycles. The third-order valence-corrected chi connectivity index (χ3v) is 3.95. The number of aryl methyl sites for hydroxylation is 1. The normalized spacial score (nSPS) is 11.1. The fraction of sp³-hybridized carbons (Fsp3) is 0.154. The van der Waals surface area contributed by atoms with Crippen LogP contribution in [0.4, 0.5) is 0 Å². The molecule has 1 N–H and O–H groups in total. The molecule has 0 aliphatic rings. The third-order valence-electron chi connectivity index (χ3n) is 3.01. The first-order valence-corrected chi connectivity index (χ1v) is 6.79. The lowest BCUT2D eigenvalue weighted by Gasteiger charge is -2.05. The summed E-state index contributed by atoms with van der Waals surface area (Å²) in [5.74, 6) is -0.968. The van der Waals surface area contributed by atoms with E-state index in [1.165, 1.54) is 9.08 Å². The van der Waals surface area contributed by atoms with Crippen molar-refractivity contribution in [2.24, 2.45) is 0 Å². The van der Waals surface area contributed by atoms with Gasteiger partial charge in [0.05, 0.1) is 12.2 Å². The van der Waals surface area contributed by atoms with E-state index in [9.17, 15) is 9.59 Å². The molecule has 0 radical (unpaired) electrons. The van der Waals surface area contributed by atoms with Crippen molar-refractivity contribution in [1.82, 2.24) is 14.2 Å². The standard InChI is InChI=1S/C13H11N3O3S/c1-8-6-10-12(17)15(3-4-16(10)14-8)7-9-2-5-20-11(9)13(18)19/h2-6H,7H2,1H3,(H,18,19). The first-order chi connectivity index (χ1) is 9.56. The van der Waals surface area contributed by atoms with Crippen LogP contribution in [0.2, 0.25) is 0 Å². The van der Waals surface area contributed by atoms with Crippen LogP contribution in [0.15, 0.2) is 34.7 Å². The SMILES string of the molecule is Cc1cc2c(=O)n(Cc3ccsc3C(=O)O)ccn2n1. The average Bonchev–Trinajstić information content (AvgIpc) is 2.99. The van der Waals surface area contributed by atoms with Crippen LogP contribution in [0.25, 0.3) is 5.52 Å². The van der Waals surface area contributed by atoms with E-state index in [0.717, 1.165) is 17.0 Å². The predicted molar refractivity (Wildman–Crippen MR) is 74.6 cm³/mol. The predicted octanol–water partition coefficient (Wildman–Crippen LogP) is 1.61. The summed E-state index contributed by atoms with van der Waals surface area (Å²) in [6, 6.07) is 3.44. The number of aromatic nitrogens is 3. The van der Waals surface area contributed by atoms with Crippen LogP contribution in [0.3, 0.4) is 0 Å². The van der Waals surface area contributed by atoms with Crippen LogP contribution < -0.4 is 5.56 Å². The number of carboxylic acid groups (broad SMARTS) is 1. The Kier molecular flexibility index (Phi) is 2.90. The van der Waals surface area contributed by atoms with Crippen molar-refractivity contribution < 1.29 is 9.90 Å². The monoisotopic (exact) mass is 289 g/mol. The van der Waals surface area contributed by atoms with Gasteiger partial charge < -0.3 is 9.67 Å². The number of hydrogen-bond acceptors (Lipinski definition) is 4. The van der Waals surface area contributed by atoms with Gasteiger partial charge in [0, 0.05) is 12.4 Å². The van der Waals surface area contributed by atoms with Crippen molar-refractivity contribution in [3.05, 3.63) is 56.4 Å². The number of carbonyl (C=O) groups is 1. The van der Waals surface area contributed by atoms with Crippen LogP contribution >= 0.6 is 11.3 Å². The zero-order valence-corrected chi connectivity index (χ0v) is 11.4. The summed E-state index contributed by atoms with van der Waals surface area (Å²) in [5, 5.41) is 15.0. The van der Waals surface area contributed by atoms with Crippen LogP contribution in [0, 0.1) is 6.92 Å². The Morgan fingerprint density at radius 1 is 1.45 bits per heavy atom. The minimum absolute atomic E-state index is 0.185. The highest BCUT2D eigenvalue weighted by atomic mass is 32.1. The quantitative estimate of drug-likeness (QED) is 0.794. The van der Waals surface area contributed by atoms with Gasteiger partial charge in [0.15, 0.2) is 0 Å². The molecule has 0 bridgehead atoms. The molecule has 6 nitrogen and oxygen atoms in total. The van der Waals surface area contributed by atoms with Gasteiger partial charge in [-0.3, -0.25) is 4.79 Å². The first kappa shape index (κ1) is 12.6. The Hall–Kier alpha value is -2.41. The molecule has 3 aromatic rings. The van der Waals surface area contributed by atoms with Crippen LogP contribution in [-0.2, 0) is 6.54 Å². The lowest BCUT2D eigenvalue weighted by molar-refractivity contribution is 0.0701. The number of carboxylic acids is 1. The first-order valence-electron chi connectivity index (χ1n) is 5.91. The number of rotatable bonds is 3. The number of aromatic carboxylic acids is 1. The van der Waals surface area contributed by atoms with Crippen LogP contribution in [0.1, 0.15) is 20.9 Å². The second kappa shape index (κ2) is 4.61. The fourth-order valence-electron chi connectivity index (χ4n) is 2.10. The highest BCUT2D eigenvalue weighted by Gasteiger charge is 2.13. The molecule has 0 saturated carbocycles. The van der Waals surface area contributed by atoms with E-state index in [2.05, 4.69) is 5.10 Å². The summed E-state index contributed by atoms with van der Waals surface area (Å²) in [7, 11) is 0. The molecule has 3 aromatic heterocycles. The summed E-state index contributed by atoms with van der Waals surface area (Å²) in [6.45, 7) is 2.06. The molecule has 0 unspecified atom stereocenters. The Bertz CT molecular complexity index is 859. The lowest BCUT2D eigenvalue weighted by Crippen LogP contribution is -2.22. The van der Waals surface area contributed by atoms with Crippen molar-refractivity contribution in [2.75, 3.05) is 0 Å². The lowest BCUT2D eigenvalue weighted by atomic mass is 10.2. The van der Waals surface area contributed by atoms with Gasteiger partial charge in [-0.2, -0.15) is 5.10 Å². The fourth-order valence-corrected chi connectivity index (χ4v) is 2.86. The second-order valence-electron chi connectivity index (χ2n) is 4.43. The molecule has 0 atom stereocenters. The molecule has 3 rings (SSSR count). The Labute approximate surface area is 117 Å². The molecule has 7 heteroatoms. The maximum atomic E-state index is 12.3. The average molecular weight is 289 g/mol. The van der Waals surface area contributed by atoms with Crippen LogP contribution in [-0.4, -0.2) is 25.3 Å². The molecule has 0 aromatic carbocycles. The zero-order chi connectivity index (χ0) is 14.3. The number of nitrogens with zero attached hydrogens (tertiary/aromatic N) is 3. The van der Waals surface area contributed by atoms with E-state index in [4.69, 9.17) is 5.11 Å². The molecule has 3 heterocycles. The summed E-state index contributed by atoms with van der Waals surface area (Å²) < 4.78 is 3.02. The summed E-state index contributed by atoms with van der Waals surface area (Å²) in [6.07, 6.45) is 3.31. The zero-order valence-electron chi connectivity index (χ0n) is 10.6. The minimum atomic E-state index is -0.968. The Balaban J connectivity index is 2.07. The van der Waals surface area contributed by atoms with E-state index in [1.54, 1.807) is 29.9 Å². The van der Waals surface area contributed by atoms with Crippen molar-refractivity contribution >= 4 is 22.8 Å². The number of hydrogen-bond donors (Lipinski definition) is 1. The largest absolute Gasteiger partial charge is 0.477 e. The molecular formula is C13H11N3O3S. The van der Waals surface area contributed by atoms with Gasteiger partial charge in [0.25, 0.3) is 5.56 Å².